The molecular formula is C17H24N2O4. The summed E-state index contributed by atoms with van der Waals surface area (Å²) < 4.78 is 10.2. The van der Waals surface area contributed by atoms with Gasteiger partial charge >= 0.3 is 0 Å². The van der Waals surface area contributed by atoms with Gasteiger partial charge in [-0.05, 0) is 24.6 Å². The van der Waals surface area contributed by atoms with E-state index < -0.39 is 0 Å². The Bertz CT molecular complexity index is 522. The SMILES string of the molecule is CCOc1ccc(CC(=O)N2CCN(C(=O)COC)CC2)cc1. The van der Waals surface area contributed by atoms with Gasteiger partial charge in [0.25, 0.3) is 0 Å². The predicted octanol–water partition coefficient (Wildman–Crippen LogP) is 0.945. The van der Waals surface area contributed by atoms with Gasteiger partial charge in [0.2, 0.25) is 11.8 Å². The first-order valence-electron chi connectivity index (χ1n) is 7.90. The largest absolute Gasteiger partial charge is 0.494 e. The Kier molecular flexibility index (Phi) is 6.40. The van der Waals surface area contributed by atoms with Crippen LogP contribution < -0.4 is 4.74 Å². The normalized spacial score (nSPS) is 14.7. The minimum Gasteiger partial charge on any atom is -0.494 e. The number of nitrogens with zero attached hydrogens (tertiary/aromatic N) is 2. The summed E-state index contributed by atoms with van der Waals surface area (Å²) in [6.45, 7) is 4.95. The molecule has 6 heteroatoms. The molecule has 1 aromatic carbocycles. The van der Waals surface area contributed by atoms with E-state index in [0.717, 1.165) is 11.3 Å². The van der Waals surface area contributed by atoms with Gasteiger partial charge in [0, 0.05) is 33.3 Å². The van der Waals surface area contributed by atoms with Crippen molar-refractivity contribution in [3.05, 3.63) is 29.8 Å². The molecule has 1 fully saturated rings. The molecule has 1 aliphatic rings. The Morgan fingerprint density at radius 2 is 1.57 bits per heavy atom. The zero-order valence-corrected chi connectivity index (χ0v) is 13.8. The van der Waals surface area contributed by atoms with Crippen LogP contribution in [-0.4, -0.2) is 68.1 Å². The topological polar surface area (TPSA) is 59.1 Å². The molecule has 23 heavy (non-hydrogen) atoms. The first kappa shape index (κ1) is 17.3. The quantitative estimate of drug-likeness (QED) is 0.783. The molecule has 1 aliphatic heterocycles. The third-order valence-electron chi connectivity index (χ3n) is 3.84. The van der Waals surface area contributed by atoms with Crippen LogP contribution in [0.5, 0.6) is 5.75 Å². The van der Waals surface area contributed by atoms with Crippen LogP contribution in [0.4, 0.5) is 0 Å². The van der Waals surface area contributed by atoms with E-state index in [1.807, 2.05) is 36.1 Å². The van der Waals surface area contributed by atoms with E-state index in [4.69, 9.17) is 9.47 Å². The average Bonchev–Trinajstić information content (AvgIpc) is 2.57. The summed E-state index contributed by atoms with van der Waals surface area (Å²) in [6, 6.07) is 7.60. The minimum atomic E-state index is -0.0221. The highest BCUT2D eigenvalue weighted by Crippen LogP contribution is 2.14. The monoisotopic (exact) mass is 320 g/mol. The molecule has 0 aliphatic carbocycles. The third kappa shape index (κ3) is 4.96. The van der Waals surface area contributed by atoms with Crippen molar-refractivity contribution in [1.82, 2.24) is 9.80 Å². The van der Waals surface area contributed by atoms with E-state index in [0.29, 0.717) is 39.2 Å². The van der Waals surface area contributed by atoms with Crippen LogP contribution >= 0.6 is 0 Å². The maximum absolute atomic E-state index is 12.3. The van der Waals surface area contributed by atoms with Gasteiger partial charge in [-0.15, -0.1) is 0 Å². The summed E-state index contributed by atoms with van der Waals surface area (Å²) in [5.41, 5.74) is 0.969. The van der Waals surface area contributed by atoms with E-state index in [1.165, 1.54) is 7.11 Å². The molecule has 1 heterocycles. The van der Waals surface area contributed by atoms with Crippen molar-refractivity contribution in [2.24, 2.45) is 0 Å². The van der Waals surface area contributed by atoms with Gasteiger partial charge < -0.3 is 19.3 Å². The molecule has 1 aromatic rings. The Hall–Kier alpha value is -2.08. The number of piperazine rings is 1. The van der Waals surface area contributed by atoms with Gasteiger partial charge in [0.05, 0.1) is 13.0 Å². The van der Waals surface area contributed by atoms with E-state index in [1.54, 1.807) is 4.90 Å². The molecule has 0 unspecified atom stereocenters. The lowest BCUT2D eigenvalue weighted by molar-refractivity contribution is -0.141. The fraction of sp³-hybridized carbons (Fsp3) is 0.529. The molecule has 2 rings (SSSR count). The molecule has 0 spiro atoms. The number of benzene rings is 1. The van der Waals surface area contributed by atoms with Crippen molar-refractivity contribution in [3.8, 4) is 5.75 Å². The van der Waals surface area contributed by atoms with Gasteiger partial charge in [0.15, 0.2) is 0 Å². The van der Waals surface area contributed by atoms with E-state index in [-0.39, 0.29) is 18.4 Å². The van der Waals surface area contributed by atoms with E-state index >= 15 is 0 Å². The van der Waals surface area contributed by atoms with E-state index in [2.05, 4.69) is 0 Å². The summed E-state index contributed by atoms with van der Waals surface area (Å²) in [5.74, 6) is 0.882. The van der Waals surface area contributed by atoms with Gasteiger partial charge in [-0.1, -0.05) is 12.1 Å². The number of amides is 2. The Morgan fingerprint density at radius 3 is 2.09 bits per heavy atom. The second-order valence-corrected chi connectivity index (χ2v) is 5.45. The average molecular weight is 320 g/mol. The van der Waals surface area contributed by atoms with Crippen LogP contribution in [-0.2, 0) is 20.7 Å². The van der Waals surface area contributed by atoms with Crippen LogP contribution in [0, 0.1) is 0 Å². The lowest BCUT2D eigenvalue weighted by Crippen LogP contribution is -2.51. The molecule has 0 radical (unpaired) electrons. The minimum absolute atomic E-state index is 0.0221. The Labute approximate surface area is 137 Å². The van der Waals surface area contributed by atoms with Crippen molar-refractivity contribution in [2.45, 2.75) is 13.3 Å². The molecule has 2 amide bonds. The number of hydrogen-bond donors (Lipinski definition) is 0. The van der Waals surface area contributed by atoms with Crippen molar-refractivity contribution < 1.29 is 19.1 Å². The fourth-order valence-electron chi connectivity index (χ4n) is 2.58. The predicted molar refractivity (Wildman–Crippen MR) is 86.4 cm³/mol. The number of methoxy groups -OCH3 is 1. The fourth-order valence-corrected chi connectivity index (χ4v) is 2.58. The first-order valence-corrected chi connectivity index (χ1v) is 7.90. The number of carbonyl (C=O) groups is 2. The maximum Gasteiger partial charge on any atom is 0.248 e. The summed E-state index contributed by atoms with van der Waals surface area (Å²) in [4.78, 5) is 27.6. The van der Waals surface area contributed by atoms with Crippen LogP contribution in [0.1, 0.15) is 12.5 Å². The second-order valence-electron chi connectivity index (χ2n) is 5.45. The molecule has 0 bridgehead atoms. The molecule has 6 nitrogen and oxygen atoms in total. The highest BCUT2D eigenvalue weighted by atomic mass is 16.5. The zero-order chi connectivity index (χ0) is 16.7. The Morgan fingerprint density at radius 1 is 1.00 bits per heavy atom. The Balaban J connectivity index is 1.81. The zero-order valence-electron chi connectivity index (χ0n) is 13.8. The second kappa shape index (κ2) is 8.53. The summed E-state index contributed by atoms with van der Waals surface area (Å²) in [5, 5.41) is 0. The third-order valence-corrected chi connectivity index (χ3v) is 3.84. The maximum atomic E-state index is 12.3. The number of rotatable bonds is 6. The molecule has 0 N–H and O–H groups in total. The van der Waals surface area contributed by atoms with Gasteiger partial charge in [-0.2, -0.15) is 0 Å². The molecule has 0 aromatic heterocycles. The van der Waals surface area contributed by atoms with Gasteiger partial charge in [0.1, 0.15) is 12.4 Å². The molecule has 0 saturated carbocycles. The molecule has 126 valence electrons. The standard InChI is InChI=1S/C17H24N2O4/c1-3-23-15-6-4-14(5-7-15)12-16(20)18-8-10-19(11-9-18)17(21)13-22-2/h4-7H,3,8-13H2,1-2H3. The summed E-state index contributed by atoms with van der Waals surface area (Å²) in [6.07, 6.45) is 0.373. The lowest BCUT2D eigenvalue weighted by Gasteiger charge is -2.34. The first-order chi connectivity index (χ1) is 11.1. The van der Waals surface area contributed by atoms with Crippen LogP contribution in [0.15, 0.2) is 24.3 Å². The smallest absolute Gasteiger partial charge is 0.248 e. The number of ether oxygens (including phenoxy) is 2. The highest BCUT2D eigenvalue weighted by Gasteiger charge is 2.23. The number of carbonyl (C=O) groups excluding carboxylic acids is 2. The van der Waals surface area contributed by atoms with Crippen LogP contribution in [0.2, 0.25) is 0 Å². The highest BCUT2D eigenvalue weighted by molar-refractivity contribution is 5.80. The van der Waals surface area contributed by atoms with Crippen LogP contribution in [0.25, 0.3) is 0 Å². The van der Waals surface area contributed by atoms with Crippen molar-refractivity contribution in [2.75, 3.05) is 46.5 Å². The van der Waals surface area contributed by atoms with E-state index in [9.17, 15) is 9.59 Å². The summed E-state index contributed by atoms with van der Waals surface area (Å²) >= 11 is 0. The molecular weight excluding hydrogens is 296 g/mol. The van der Waals surface area contributed by atoms with Gasteiger partial charge in [-0.25, -0.2) is 0 Å². The summed E-state index contributed by atoms with van der Waals surface area (Å²) in [7, 11) is 1.51. The lowest BCUT2D eigenvalue weighted by atomic mass is 10.1. The van der Waals surface area contributed by atoms with Crippen LogP contribution in [0.3, 0.4) is 0 Å². The van der Waals surface area contributed by atoms with Crippen molar-refractivity contribution in [1.29, 1.82) is 0 Å². The molecule has 0 atom stereocenters. The van der Waals surface area contributed by atoms with Crippen molar-refractivity contribution in [3.63, 3.8) is 0 Å². The molecule has 1 saturated heterocycles. The van der Waals surface area contributed by atoms with Gasteiger partial charge in [-0.3, -0.25) is 9.59 Å². The number of hydrogen-bond acceptors (Lipinski definition) is 4. The van der Waals surface area contributed by atoms with Crippen molar-refractivity contribution >= 4 is 11.8 Å².